The Morgan fingerprint density at radius 1 is 0.234 bits per heavy atom. The lowest BCUT2D eigenvalue weighted by Crippen LogP contribution is -2.05. The van der Waals surface area contributed by atoms with E-state index in [-0.39, 0.29) is 0 Å². The van der Waals surface area contributed by atoms with Crippen LogP contribution in [0, 0.1) is 0 Å². The van der Waals surface area contributed by atoms with E-state index in [1.807, 2.05) is 140 Å². The molecule has 0 aliphatic rings. The van der Waals surface area contributed by atoms with Gasteiger partial charge in [0.1, 0.15) is 0 Å². The van der Waals surface area contributed by atoms with Crippen molar-refractivity contribution >= 4 is 43.6 Å². The van der Waals surface area contributed by atoms with Crippen molar-refractivity contribution in [1.82, 2.24) is 49.8 Å². The molecule has 10 heteroatoms. The van der Waals surface area contributed by atoms with Crippen molar-refractivity contribution in [3.63, 3.8) is 0 Å². The third kappa shape index (κ3) is 6.63. The summed E-state index contributed by atoms with van der Waals surface area (Å²) in [6.07, 6.45) is 7.25. The summed E-state index contributed by atoms with van der Waals surface area (Å²) in [6.45, 7) is 0. The molecule has 12 rings (SSSR count). The predicted molar refractivity (Wildman–Crippen MR) is 252 cm³/mol. The molecule has 0 saturated carbocycles. The van der Waals surface area contributed by atoms with Crippen LogP contribution < -0.4 is 0 Å². The van der Waals surface area contributed by atoms with E-state index in [9.17, 15) is 0 Å². The van der Waals surface area contributed by atoms with E-state index in [0.29, 0.717) is 34.9 Å². The van der Waals surface area contributed by atoms with Crippen molar-refractivity contribution in [3.05, 3.63) is 195 Å². The number of rotatable bonds is 7. The summed E-state index contributed by atoms with van der Waals surface area (Å²) in [6, 6.07) is 56.7. The average molecular weight is 821 g/mol. The highest BCUT2D eigenvalue weighted by molar-refractivity contribution is 6.12. The monoisotopic (exact) mass is 820 g/mol. The zero-order chi connectivity index (χ0) is 42.4. The van der Waals surface area contributed by atoms with Crippen LogP contribution in [0.4, 0.5) is 0 Å². The number of pyridine rings is 4. The summed E-state index contributed by atoms with van der Waals surface area (Å²) < 4.78 is 0. The first kappa shape index (κ1) is 36.8. The van der Waals surface area contributed by atoms with Gasteiger partial charge in [0.25, 0.3) is 0 Å². The predicted octanol–water partition coefficient (Wildman–Crippen LogP) is 11.9. The molecule has 0 saturated heterocycles. The lowest BCUT2D eigenvalue weighted by molar-refractivity contribution is 1.00. The lowest BCUT2D eigenvalue weighted by Gasteiger charge is -2.16. The number of fused-ring (bicyclic) bond motifs is 6. The maximum Gasteiger partial charge on any atom is 0.202 e. The molecule has 6 aromatic carbocycles. The molecule has 6 heterocycles. The van der Waals surface area contributed by atoms with Crippen molar-refractivity contribution in [3.8, 4) is 79.5 Å². The molecule has 0 radical (unpaired) electrons. The Morgan fingerprint density at radius 3 is 0.969 bits per heavy atom. The van der Waals surface area contributed by atoms with Gasteiger partial charge in [0.05, 0.1) is 22.1 Å². The molecule has 64 heavy (non-hydrogen) atoms. The van der Waals surface area contributed by atoms with Crippen molar-refractivity contribution in [2.45, 2.75) is 0 Å². The van der Waals surface area contributed by atoms with Gasteiger partial charge in [-0.15, -0.1) is 0 Å². The van der Waals surface area contributed by atoms with Crippen molar-refractivity contribution in [2.24, 2.45) is 0 Å². The molecule has 298 valence electrons. The first-order chi connectivity index (χ1) is 31.7. The normalized spacial score (nSPS) is 11.4. The first-order valence-corrected chi connectivity index (χ1v) is 20.8. The van der Waals surface area contributed by atoms with Gasteiger partial charge >= 0.3 is 0 Å². The van der Waals surface area contributed by atoms with Gasteiger partial charge in [-0.1, -0.05) is 115 Å². The summed E-state index contributed by atoms with van der Waals surface area (Å²) in [5.74, 6) is 2.58. The van der Waals surface area contributed by atoms with Crippen molar-refractivity contribution < 1.29 is 0 Å². The van der Waals surface area contributed by atoms with Gasteiger partial charge in [-0.2, -0.15) is 0 Å². The summed E-state index contributed by atoms with van der Waals surface area (Å²) >= 11 is 0. The second-order valence-corrected chi connectivity index (χ2v) is 15.3. The quantitative estimate of drug-likeness (QED) is 0.143. The number of aromatic nitrogens is 10. The fraction of sp³-hybridized carbons (Fsp3) is 0. The van der Waals surface area contributed by atoms with E-state index >= 15 is 0 Å². The van der Waals surface area contributed by atoms with Crippen LogP contribution in [0.25, 0.3) is 123 Å². The van der Waals surface area contributed by atoms with Crippen LogP contribution in [0.15, 0.2) is 195 Å². The standard InChI is InChI=1S/C54H32N10/c1-4-14-33(15-5-1)49-59-50(34-16-6-2-7-17-34)62-53(61-49)54-63-51(35-18-8-3-9-19-35)60-52(64-54)40-29-38(43-31-36-20-10-24-55-45(36)47-41(43)22-12-26-57-47)28-39(30-40)44-32-37-21-11-25-56-46(37)48-42(44)23-13-27-58-48/h1-32H. The van der Waals surface area contributed by atoms with Gasteiger partial charge in [-0.25, -0.2) is 29.9 Å². The summed E-state index contributed by atoms with van der Waals surface area (Å²) in [5.41, 5.74) is 10.5. The maximum atomic E-state index is 5.24. The van der Waals surface area contributed by atoms with Crippen LogP contribution in [0.3, 0.4) is 0 Å². The molecule has 0 unspecified atom stereocenters. The number of benzene rings is 6. The van der Waals surface area contributed by atoms with Crippen LogP contribution in [0.1, 0.15) is 0 Å². The highest BCUT2D eigenvalue weighted by Crippen LogP contribution is 2.40. The minimum Gasteiger partial charge on any atom is -0.254 e. The van der Waals surface area contributed by atoms with Crippen LogP contribution in [0.2, 0.25) is 0 Å². The molecule has 0 aliphatic carbocycles. The van der Waals surface area contributed by atoms with Gasteiger partial charge < -0.3 is 0 Å². The van der Waals surface area contributed by atoms with Crippen LogP contribution in [-0.2, 0) is 0 Å². The highest BCUT2D eigenvalue weighted by Gasteiger charge is 2.21. The summed E-state index contributed by atoms with van der Waals surface area (Å²) in [7, 11) is 0. The Morgan fingerprint density at radius 2 is 0.562 bits per heavy atom. The molecule has 0 bridgehead atoms. The fourth-order valence-corrected chi connectivity index (χ4v) is 8.33. The molecule has 10 nitrogen and oxygen atoms in total. The Balaban J connectivity index is 1.15. The number of hydrogen-bond acceptors (Lipinski definition) is 10. The minimum absolute atomic E-state index is 0.311. The third-order valence-corrected chi connectivity index (χ3v) is 11.3. The third-order valence-electron chi connectivity index (χ3n) is 11.3. The second kappa shape index (κ2) is 15.5. The Labute approximate surface area is 366 Å². The van der Waals surface area contributed by atoms with Gasteiger partial charge in [0.2, 0.25) is 11.6 Å². The van der Waals surface area contributed by atoms with E-state index in [1.165, 1.54) is 0 Å². The second-order valence-electron chi connectivity index (χ2n) is 15.3. The Hall–Kier alpha value is -9.02. The van der Waals surface area contributed by atoms with Crippen molar-refractivity contribution in [2.75, 3.05) is 0 Å². The highest BCUT2D eigenvalue weighted by atomic mass is 15.1. The van der Waals surface area contributed by atoms with Crippen LogP contribution in [0.5, 0.6) is 0 Å². The molecule has 6 aromatic heterocycles. The largest absolute Gasteiger partial charge is 0.254 e. The van der Waals surface area contributed by atoms with Crippen LogP contribution in [-0.4, -0.2) is 49.8 Å². The fourth-order valence-electron chi connectivity index (χ4n) is 8.33. The lowest BCUT2D eigenvalue weighted by atomic mass is 9.91. The van der Waals surface area contributed by atoms with E-state index < -0.39 is 0 Å². The molecular formula is C54H32N10. The molecular weight excluding hydrogens is 789 g/mol. The molecule has 12 aromatic rings. The summed E-state index contributed by atoms with van der Waals surface area (Å²) in [4.78, 5) is 49.7. The number of hydrogen-bond donors (Lipinski definition) is 0. The van der Waals surface area contributed by atoms with E-state index in [0.717, 1.165) is 88.1 Å². The molecule has 0 N–H and O–H groups in total. The van der Waals surface area contributed by atoms with E-state index in [4.69, 9.17) is 49.8 Å². The molecule has 0 aliphatic heterocycles. The van der Waals surface area contributed by atoms with E-state index in [1.54, 1.807) is 0 Å². The Bertz CT molecular complexity index is 3540. The average Bonchev–Trinajstić information content (AvgIpc) is 3.38. The zero-order valence-corrected chi connectivity index (χ0v) is 33.9. The SMILES string of the molecule is c1ccc(-c2nc(-c3ccccc3)nc(-c3nc(-c4ccccc4)nc(-c4cc(-c5cc6cccnc6c6ncccc56)cc(-c5cc6cccnc6c6ncccc56)c4)n3)n2)cc1. The van der Waals surface area contributed by atoms with Gasteiger partial charge in [-0.05, 0) is 76.9 Å². The van der Waals surface area contributed by atoms with Gasteiger partial charge in [-0.3, -0.25) is 19.9 Å². The zero-order valence-electron chi connectivity index (χ0n) is 33.9. The molecule has 0 atom stereocenters. The minimum atomic E-state index is 0.311. The van der Waals surface area contributed by atoms with Crippen LogP contribution >= 0.6 is 0 Å². The molecule has 0 fully saturated rings. The number of nitrogens with zero attached hydrogens (tertiary/aromatic N) is 10. The van der Waals surface area contributed by atoms with Gasteiger partial charge in [0, 0.05) is 68.6 Å². The maximum absolute atomic E-state index is 5.24. The summed E-state index contributed by atoms with van der Waals surface area (Å²) in [5, 5.41) is 3.90. The van der Waals surface area contributed by atoms with E-state index in [2.05, 4.69) is 54.6 Å². The molecule has 0 amide bonds. The van der Waals surface area contributed by atoms with Crippen molar-refractivity contribution in [1.29, 1.82) is 0 Å². The van der Waals surface area contributed by atoms with Gasteiger partial charge in [0.15, 0.2) is 23.3 Å². The topological polar surface area (TPSA) is 129 Å². The Kier molecular flexibility index (Phi) is 8.89. The molecule has 0 spiro atoms. The first-order valence-electron chi connectivity index (χ1n) is 20.8. The smallest absolute Gasteiger partial charge is 0.202 e.